The molecule has 2 N–H and O–H groups in total. The lowest BCUT2D eigenvalue weighted by molar-refractivity contribution is -0.138. The third kappa shape index (κ3) is 3.68. The average molecular weight is 275 g/mol. The Labute approximate surface area is 109 Å². The molecule has 19 heavy (non-hydrogen) atoms. The first kappa shape index (κ1) is 14.3. The van der Waals surface area contributed by atoms with E-state index in [9.17, 15) is 13.2 Å². The number of rotatable bonds is 4. The smallest absolute Gasteiger partial charge is 0.379 e. The van der Waals surface area contributed by atoms with Crippen LogP contribution < -0.4 is 5.73 Å². The zero-order valence-electron chi connectivity index (χ0n) is 10.3. The molecule has 1 fully saturated rings. The highest BCUT2D eigenvalue weighted by Gasteiger charge is 2.34. The molecule has 1 saturated heterocycles. The summed E-state index contributed by atoms with van der Waals surface area (Å²) in [6, 6.07) is 4.53. The number of nitrogens with two attached hydrogens (primary N) is 1. The molecule has 106 valence electrons. The Hall–Kier alpha value is -1.11. The van der Waals surface area contributed by atoms with E-state index in [-0.39, 0.29) is 18.3 Å². The van der Waals surface area contributed by atoms with E-state index >= 15 is 0 Å². The molecule has 3 nitrogen and oxygen atoms in total. The number of hydrogen-bond acceptors (Lipinski definition) is 3. The Bertz CT molecular complexity index is 417. The maximum absolute atomic E-state index is 12.8. The SMILES string of the molecule is NC(COC1CCOC1)c1ccccc1C(F)(F)F. The lowest BCUT2D eigenvalue weighted by Gasteiger charge is -2.19. The van der Waals surface area contributed by atoms with Crippen molar-refractivity contribution in [1.29, 1.82) is 0 Å². The van der Waals surface area contributed by atoms with Gasteiger partial charge in [-0.15, -0.1) is 0 Å². The molecule has 0 aliphatic carbocycles. The van der Waals surface area contributed by atoms with Crippen LogP contribution in [-0.4, -0.2) is 25.9 Å². The predicted molar refractivity (Wildman–Crippen MR) is 63.5 cm³/mol. The van der Waals surface area contributed by atoms with E-state index in [0.717, 1.165) is 12.5 Å². The van der Waals surface area contributed by atoms with Gasteiger partial charge in [0.1, 0.15) is 0 Å². The van der Waals surface area contributed by atoms with Gasteiger partial charge >= 0.3 is 6.18 Å². The minimum Gasteiger partial charge on any atom is -0.379 e. The van der Waals surface area contributed by atoms with Crippen LogP contribution in [0.1, 0.15) is 23.6 Å². The molecule has 0 aromatic heterocycles. The Kier molecular flexibility index (Phi) is 4.44. The van der Waals surface area contributed by atoms with E-state index in [1.807, 2.05) is 0 Å². The predicted octanol–water partition coefficient (Wildman–Crippen LogP) is 2.51. The van der Waals surface area contributed by atoms with Gasteiger partial charge in [0.15, 0.2) is 0 Å². The topological polar surface area (TPSA) is 44.5 Å². The molecule has 2 unspecified atom stereocenters. The second-order valence-corrected chi connectivity index (χ2v) is 4.51. The van der Waals surface area contributed by atoms with Gasteiger partial charge < -0.3 is 15.2 Å². The minimum absolute atomic E-state index is 0.0567. The highest BCUT2D eigenvalue weighted by atomic mass is 19.4. The third-order valence-electron chi connectivity index (χ3n) is 3.07. The van der Waals surface area contributed by atoms with Crippen molar-refractivity contribution in [3.05, 3.63) is 35.4 Å². The minimum atomic E-state index is -4.40. The lowest BCUT2D eigenvalue weighted by Crippen LogP contribution is -2.25. The molecule has 0 saturated carbocycles. The van der Waals surface area contributed by atoms with Crippen LogP contribution >= 0.6 is 0 Å². The van der Waals surface area contributed by atoms with Crippen molar-refractivity contribution < 1.29 is 22.6 Å². The van der Waals surface area contributed by atoms with Gasteiger partial charge in [0.25, 0.3) is 0 Å². The Morgan fingerprint density at radius 3 is 2.74 bits per heavy atom. The maximum Gasteiger partial charge on any atom is 0.416 e. The van der Waals surface area contributed by atoms with E-state index < -0.39 is 17.8 Å². The van der Waals surface area contributed by atoms with Gasteiger partial charge in [-0.2, -0.15) is 13.2 Å². The van der Waals surface area contributed by atoms with Crippen molar-refractivity contribution >= 4 is 0 Å². The second-order valence-electron chi connectivity index (χ2n) is 4.51. The quantitative estimate of drug-likeness (QED) is 0.918. The van der Waals surface area contributed by atoms with E-state index in [1.165, 1.54) is 12.1 Å². The fourth-order valence-corrected chi connectivity index (χ4v) is 2.05. The largest absolute Gasteiger partial charge is 0.416 e. The van der Waals surface area contributed by atoms with Gasteiger partial charge in [-0.1, -0.05) is 18.2 Å². The maximum atomic E-state index is 12.8. The average Bonchev–Trinajstić information content (AvgIpc) is 2.88. The van der Waals surface area contributed by atoms with Crippen LogP contribution in [0.5, 0.6) is 0 Å². The Morgan fingerprint density at radius 2 is 2.11 bits per heavy atom. The summed E-state index contributed by atoms with van der Waals surface area (Å²) >= 11 is 0. The molecule has 1 aromatic rings. The Balaban J connectivity index is 2.03. The van der Waals surface area contributed by atoms with Crippen molar-refractivity contribution in [2.75, 3.05) is 19.8 Å². The zero-order valence-corrected chi connectivity index (χ0v) is 10.3. The number of benzene rings is 1. The van der Waals surface area contributed by atoms with E-state index in [2.05, 4.69) is 0 Å². The van der Waals surface area contributed by atoms with E-state index in [4.69, 9.17) is 15.2 Å². The summed E-state index contributed by atoms with van der Waals surface area (Å²) in [5, 5.41) is 0. The molecule has 0 bridgehead atoms. The fraction of sp³-hybridized carbons (Fsp3) is 0.538. The van der Waals surface area contributed by atoms with Crippen LogP contribution in [0.4, 0.5) is 13.2 Å². The van der Waals surface area contributed by atoms with Gasteiger partial charge in [0, 0.05) is 6.61 Å². The van der Waals surface area contributed by atoms with Crippen LogP contribution in [0.2, 0.25) is 0 Å². The molecular weight excluding hydrogens is 259 g/mol. The molecule has 0 radical (unpaired) electrons. The van der Waals surface area contributed by atoms with Gasteiger partial charge in [0.2, 0.25) is 0 Å². The fourth-order valence-electron chi connectivity index (χ4n) is 2.05. The summed E-state index contributed by atoms with van der Waals surface area (Å²) in [4.78, 5) is 0. The number of hydrogen-bond donors (Lipinski definition) is 1. The summed E-state index contributed by atoms with van der Waals surface area (Å²) < 4.78 is 49.1. The molecule has 2 rings (SSSR count). The molecule has 2 atom stereocenters. The first-order chi connectivity index (χ1) is 8.98. The van der Waals surface area contributed by atoms with E-state index in [1.54, 1.807) is 6.07 Å². The molecular formula is C13H16F3NO2. The highest BCUT2D eigenvalue weighted by molar-refractivity contribution is 5.32. The van der Waals surface area contributed by atoms with Crippen molar-refractivity contribution in [2.45, 2.75) is 24.7 Å². The first-order valence-electron chi connectivity index (χ1n) is 6.09. The molecule has 6 heteroatoms. The second kappa shape index (κ2) is 5.90. The van der Waals surface area contributed by atoms with Crippen molar-refractivity contribution in [2.24, 2.45) is 5.73 Å². The molecule has 1 aliphatic heterocycles. The molecule has 0 amide bonds. The van der Waals surface area contributed by atoms with Gasteiger partial charge in [-0.05, 0) is 18.1 Å². The monoisotopic (exact) mass is 275 g/mol. The summed E-state index contributed by atoms with van der Waals surface area (Å²) in [7, 11) is 0. The highest BCUT2D eigenvalue weighted by Crippen LogP contribution is 2.34. The van der Waals surface area contributed by atoms with E-state index in [0.29, 0.717) is 13.2 Å². The van der Waals surface area contributed by atoms with Crippen LogP contribution in [0.15, 0.2) is 24.3 Å². The number of alkyl halides is 3. The number of halogens is 3. The molecule has 1 heterocycles. The van der Waals surface area contributed by atoms with Crippen LogP contribution in [0, 0.1) is 0 Å². The molecule has 0 spiro atoms. The van der Waals surface area contributed by atoms with Crippen molar-refractivity contribution in [1.82, 2.24) is 0 Å². The van der Waals surface area contributed by atoms with Crippen LogP contribution in [0.25, 0.3) is 0 Å². The summed E-state index contributed by atoms with van der Waals surface area (Å²) in [6.07, 6.45) is -3.71. The molecule has 1 aromatic carbocycles. The normalized spacial score (nSPS) is 21.6. The van der Waals surface area contributed by atoms with Crippen LogP contribution in [0.3, 0.4) is 0 Å². The van der Waals surface area contributed by atoms with Gasteiger partial charge in [0.05, 0.1) is 30.9 Å². The van der Waals surface area contributed by atoms with Crippen molar-refractivity contribution in [3.63, 3.8) is 0 Å². The summed E-state index contributed by atoms with van der Waals surface area (Å²) in [5.74, 6) is 0. The third-order valence-corrected chi connectivity index (χ3v) is 3.07. The lowest BCUT2D eigenvalue weighted by atomic mass is 10.0. The standard InChI is InChI=1S/C13H16F3NO2/c14-13(15,16)11-4-2-1-3-10(11)12(17)8-19-9-5-6-18-7-9/h1-4,9,12H,5-8,17H2. The first-order valence-corrected chi connectivity index (χ1v) is 6.09. The van der Waals surface area contributed by atoms with Crippen molar-refractivity contribution in [3.8, 4) is 0 Å². The van der Waals surface area contributed by atoms with Gasteiger partial charge in [-0.25, -0.2) is 0 Å². The zero-order chi connectivity index (χ0) is 13.9. The summed E-state index contributed by atoms with van der Waals surface area (Å²) in [5.41, 5.74) is 5.17. The van der Waals surface area contributed by atoms with Crippen LogP contribution in [-0.2, 0) is 15.7 Å². The van der Waals surface area contributed by atoms with Gasteiger partial charge in [-0.3, -0.25) is 0 Å². The molecule has 1 aliphatic rings. The number of ether oxygens (including phenoxy) is 2. The Morgan fingerprint density at radius 1 is 1.37 bits per heavy atom. The summed E-state index contributed by atoms with van der Waals surface area (Å²) in [6.45, 7) is 1.16.